The van der Waals surface area contributed by atoms with Gasteiger partial charge in [0.25, 0.3) is 0 Å². The molecule has 5 heteroatoms. The first-order chi connectivity index (χ1) is 11.5. The van der Waals surface area contributed by atoms with Gasteiger partial charge in [0.05, 0.1) is 6.21 Å². The molecule has 0 aliphatic rings. The molecular weight excluding hydrogens is 334 g/mol. The topological polar surface area (TPSA) is 57.5 Å². The lowest BCUT2D eigenvalue weighted by atomic mass is 9.78. The second-order valence-electron chi connectivity index (χ2n) is 8.18. The summed E-state index contributed by atoms with van der Waals surface area (Å²) >= 11 is 5.87. The number of hydrazone groups is 1. The number of nitrogens with zero attached hydrogens (tertiary/aromatic N) is 2. The minimum atomic E-state index is -0.171. The van der Waals surface area contributed by atoms with Gasteiger partial charge >= 0.3 is 0 Å². The van der Waals surface area contributed by atoms with E-state index in [-0.39, 0.29) is 10.8 Å². The first-order valence-electron chi connectivity index (χ1n) is 8.28. The fraction of sp³-hybridized carbons (Fsp3) is 0.400. The van der Waals surface area contributed by atoms with Gasteiger partial charge < -0.3 is 5.11 Å². The second kappa shape index (κ2) is 7.04. The summed E-state index contributed by atoms with van der Waals surface area (Å²) < 4.78 is 0. The summed E-state index contributed by atoms with van der Waals surface area (Å²) in [6.45, 7) is 12.5. The number of benzene rings is 1. The van der Waals surface area contributed by atoms with E-state index in [1.165, 1.54) is 0 Å². The van der Waals surface area contributed by atoms with Crippen LogP contribution in [0.5, 0.6) is 5.75 Å². The largest absolute Gasteiger partial charge is 0.507 e. The Morgan fingerprint density at radius 1 is 1.04 bits per heavy atom. The molecule has 0 amide bonds. The van der Waals surface area contributed by atoms with Gasteiger partial charge in [-0.15, -0.1) is 0 Å². The monoisotopic (exact) mass is 359 g/mol. The molecule has 2 rings (SSSR count). The van der Waals surface area contributed by atoms with Gasteiger partial charge in [-0.1, -0.05) is 59.2 Å². The van der Waals surface area contributed by atoms with Crippen molar-refractivity contribution in [1.29, 1.82) is 0 Å². The number of nitrogens with one attached hydrogen (secondary N) is 1. The van der Waals surface area contributed by atoms with E-state index in [9.17, 15) is 5.11 Å². The minimum Gasteiger partial charge on any atom is -0.507 e. The van der Waals surface area contributed by atoms with Crippen molar-refractivity contribution >= 4 is 23.6 Å². The Bertz CT molecular complexity index is 751. The van der Waals surface area contributed by atoms with Gasteiger partial charge in [-0.25, -0.2) is 4.98 Å². The number of phenolic OH excluding ortho intramolecular Hbond substituents is 1. The molecule has 4 nitrogen and oxygen atoms in total. The average Bonchev–Trinajstić information content (AvgIpc) is 2.46. The van der Waals surface area contributed by atoms with Crippen LogP contribution in [0.15, 0.2) is 35.4 Å². The van der Waals surface area contributed by atoms with Crippen LogP contribution in [0.1, 0.15) is 58.2 Å². The van der Waals surface area contributed by atoms with Crippen LogP contribution in [-0.4, -0.2) is 16.3 Å². The first-order valence-corrected chi connectivity index (χ1v) is 8.66. The van der Waals surface area contributed by atoms with Crippen LogP contribution < -0.4 is 5.43 Å². The molecule has 0 radical (unpaired) electrons. The quantitative estimate of drug-likeness (QED) is 0.433. The maximum atomic E-state index is 10.7. The molecule has 1 aromatic heterocycles. The number of aromatic nitrogens is 1. The van der Waals surface area contributed by atoms with Crippen molar-refractivity contribution in [1.82, 2.24) is 4.98 Å². The van der Waals surface area contributed by atoms with Gasteiger partial charge in [0.15, 0.2) is 0 Å². The predicted octanol–water partition coefficient (Wildman–Crippen LogP) is 5.48. The number of aromatic hydroxyl groups is 1. The molecule has 0 saturated heterocycles. The molecule has 0 fully saturated rings. The lowest BCUT2D eigenvalue weighted by Crippen LogP contribution is -2.18. The summed E-state index contributed by atoms with van der Waals surface area (Å²) in [5.41, 5.74) is 5.26. The highest BCUT2D eigenvalue weighted by Crippen LogP contribution is 2.39. The predicted molar refractivity (Wildman–Crippen MR) is 106 cm³/mol. The summed E-state index contributed by atoms with van der Waals surface area (Å²) in [4.78, 5) is 4.13. The second-order valence-corrected chi connectivity index (χ2v) is 8.57. The number of pyridine rings is 1. The van der Waals surface area contributed by atoms with Crippen molar-refractivity contribution in [3.8, 4) is 5.75 Å². The molecule has 0 atom stereocenters. The summed E-state index contributed by atoms with van der Waals surface area (Å²) in [5, 5.41) is 15.4. The Morgan fingerprint density at radius 2 is 1.60 bits per heavy atom. The summed E-state index contributed by atoms with van der Waals surface area (Å²) in [7, 11) is 0. The number of hydrogen-bond donors (Lipinski definition) is 2. The zero-order valence-corrected chi connectivity index (χ0v) is 16.4. The van der Waals surface area contributed by atoms with Gasteiger partial charge in [-0.05, 0) is 40.7 Å². The van der Waals surface area contributed by atoms with Gasteiger partial charge in [0.1, 0.15) is 16.7 Å². The average molecular weight is 360 g/mol. The third kappa shape index (κ3) is 4.95. The standard InChI is InChI=1S/C20H26ClN3O/c1-19(2,3)14-10-13(11-15(18(14)25)20(4,5)6)12-22-24-17-9-7-8-16(21)23-17/h7-12,25H,1-6H3,(H,23,24)/b22-12-. The van der Waals surface area contributed by atoms with Crippen LogP contribution in [-0.2, 0) is 10.8 Å². The Morgan fingerprint density at radius 3 is 2.08 bits per heavy atom. The van der Waals surface area contributed by atoms with Crippen LogP contribution in [0.2, 0.25) is 5.15 Å². The van der Waals surface area contributed by atoms with Crippen LogP contribution in [0, 0.1) is 0 Å². The molecule has 0 aliphatic heterocycles. The molecule has 2 aromatic rings. The van der Waals surface area contributed by atoms with Crippen molar-refractivity contribution < 1.29 is 5.11 Å². The van der Waals surface area contributed by atoms with Gasteiger partial charge in [0.2, 0.25) is 0 Å². The van der Waals surface area contributed by atoms with E-state index in [0.29, 0.717) is 16.7 Å². The molecule has 0 aliphatic carbocycles. The molecule has 1 aromatic carbocycles. The van der Waals surface area contributed by atoms with E-state index < -0.39 is 0 Å². The molecule has 0 saturated carbocycles. The maximum Gasteiger partial charge on any atom is 0.147 e. The van der Waals surface area contributed by atoms with Crippen LogP contribution >= 0.6 is 11.6 Å². The highest BCUT2D eigenvalue weighted by Gasteiger charge is 2.26. The zero-order chi connectivity index (χ0) is 18.8. The molecule has 1 heterocycles. The first kappa shape index (κ1) is 19.3. The fourth-order valence-corrected chi connectivity index (χ4v) is 2.68. The smallest absolute Gasteiger partial charge is 0.147 e. The van der Waals surface area contributed by atoms with Crippen molar-refractivity contribution in [2.24, 2.45) is 5.10 Å². The van der Waals surface area contributed by atoms with E-state index in [4.69, 9.17) is 11.6 Å². The highest BCUT2D eigenvalue weighted by atomic mass is 35.5. The normalized spacial score (nSPS) is 12.6. The Kier molecular flexibility index (Phi) is 5.43. The van der Waals surface area contributed by atoms with E-state index in [0.717, 1.165) is 16.7 Å². The molecule has 0 bridgehead atoms. The lowest BCUT2D eigenvalue weighted by molar-refractivity contribution is 0.423. The summed E-state index contributed by atoms with van der Waals surface area (Å²) in [6, 6.07) is 9.26. The lowest BCUT2D eigenvalue weighted by Gasteiger charge is -2.27. The van der Waals surface area contributed by atoms with E-state index in [2.05, 4.69) is 57.1 Å². The molecule has 2 N–H and O–H groups in total. The Labute approximate surface area is 155 Å². The maximum absolute atomic E-state index is 10.7. The van der Waals surface area contributed by atoms with Gasteiger partial charge in [-0.2, -0.15) is 5.10 Å². The summed E-state index contributed by atoms with van der Waals surface area (Å²) in [5.74, 6) is 0.941. The van der Waals surface area contributed by atoms with Crippen LogP contribution in [0.3, 0.4) is 0 Å². The molecule has 25 heavy (non-hydrogen) atoms. The number of phenols is 1. The SMILES string of the molecule is CC(C)(C)c1cc(/C=N\Nc2cccc(Cl)n2)cc(C(C)(C)C)c1O. The van der Waals surface area contributed by atoms with Gasteiger partial charge in [0, 0.05) is 11.1 Å². The number of anilines is 1. The Hall–Kier alpha value is -2.07. The number of rotatable bonds is 3. The fourth-order valence-electron chi connectivity index (χ4n) is 2.52. The minimum absolute atomic E-state index is 0.171. The van der Waals surface area contributed by atoms with E-state index >= 15 is 0 Å². The number of halogens is 1. The molecule has 134 valence electrons. The molecule has 0 spiro atoms. The third-order valence-corrected chi connectivity index (χ3v) is 4.07. The highest BCUT2D eigenvalue weighted by molar-refractivity contribution is 6.29. The Balaban J connectivity index is 2.38. The zero-order valence-electron chi connectivity index (χ0n) is 15.7. The third-order valence-electron chi connectivity index (χ3n) is 3.86. The van der Waals surface area contributed by atoms with Crippen molar-refractivity contribution in [2.45, 2.75) is 52.4 Å². The summed E-state index contributed by atoms with van der Waals surface area (Å²) in [6.07, 6.45) is 1.73. The van der Waals surface area contributed by atoms with Gasteiger partial charge in [-0.3, -0.25) is 5.43 Å². The molecular formula is C20H26ClN3O. The van der Waals surface area contributed by atoms with E-state index in [1.807, 2.05) is 18.2 Å². The van der Waals surface area contributed by atoms with E-state index in [1.54, 1.807) is 18.3 Å². The molecule has 0 unspecified atom stereocenters. The van der Waals surface area contributed by atoms with Crippen LogP contribution in [0.4, 0.5) is 5.82 Å². The van der Waals surface area contributed by atoms with Crippen molar-refractivity contribution in [2.75, 3.05) is 5.43 Å². The number of hydrogen-bond acceptors (Lipinski definition) is 4. The van der Waals surface area contributed by atoms with Crippen molar-refractivity contribution in [3.05, 3.63) is 52.2 Å². The van der Waals surface area contributed by atoms with Crippen molar-refractivity contribution in [3.63, 3.8) is 0 Å². The van der Waals surface area contributed by atoms with Crippen LogP contribution in [0.25, 0.3) is 0 Å².